The monoisotopic (exact) mass is 895 g/mol. The van der Waals surface area contributed by atoms with Gasteiger partial charge in [0.1, 0.15) is 0 Å². The van der Waals surface area contributed by atoms with Crippen LogP contribution < -0.4 is 4.74 Å². The van der Waals surface area contributed by atoms with Crippen LogP contribution in [0, 0.1) is 21.4 Å². The van der Waals surface area contributed by atoms with Crippen LogP contribution in [0.25, 0.3) is 44.3 Å². The van der Waals surface area contributed by atoms with Crippen molar-refractivity contribution in [2.45, 2.75) is 105 Å². The zero-order chi connectivity index (χ0) is 38.9. The van der Waals surface area contributed by atoms with Gasteiger partial charge in [0.05, 0.1) is 0 Å². The first-order chi connectivity index (χ1) is 25.1. The molecule has 3 aromatic heterocycles. The van der Waals surface area contributed by atoms with Gasteiger partial charge in [-0.1, -0.05) is 68.4 Å². The second-order valence-corrected chi connectivity index (χ2v) is 19.9. The number of aromatic nitrogens is 4. The number of rotatable bonds is 4. The van der Waals surface area contributed by atoms with E-state index >= 15 is 0 Å². The number of aryl methyl sites for hydroxylation is 1. The van der Waals surface area contributed by atoms with Gasteiger partial charge in [0.25, 0.3) is 0 Å². The second-order valence-electron chi connectivity index (χ2n) is 18.9. The normalized spacial score (nSPS) is 16.4. The minimum atomic E-state index is -0.0825. The number of ether oxygens (including phenoxy) is 1. The molecular weight excluding hydrogens is 844 g/mol. The Kier molecular flexibility index (Phi) is 8.09. The summed E-state index contributed by atoms with van der Waals surface area (Å²) in [4.78, 5) is 4.99. The van der Waals surface area contributed by atoms with Crippen LogP contribution in [0.3, 0.4) is 0 Å². The Balaban J connectivity index is 1.30. The summed E-state index contributed by atoms with van der Waals surface area (Å²) < 4.78 is 14.6. The molecule has 0 saturated carbocycles. The van der Waals surface area contributed by atoms with E-state index in [0.29, 0.717) is 11.5 Å². The maximum absolute atomic E-state index is 6.67. The van der Waals surface area contributed by atoms with Gasteiger partial charge < -0.3 is 0 Å². The van der Waals surface area contributed by atoms with Gasteiger partial charge in [0.15, 0.2) is 0 Å². The number of hydrogen-bond donors (Lipinski definition) is 0. The van der Waals surface area contributed by atoms with Crippen LogP contribution in [0.5, 0.6) is 11.5 Å². The summed E-state index contributed by atoms with van der Waals surface area (Å²) in [6.07, 6.45) is 1.94. The molecule has 282 valence electrons. The fraction of sp³-hybridized carbons (Fsp3) is 0.375. The molecule has 8 rings (SSSR count). The number of benzene rings is 4. The zero-order valence-corrected chi connectivity index (χ0v) is 36.3. The molecule has 0 unspecified atom stereocenters. The summed E-state index contributed by atoms with van der Waals surface area (Å²) in [5.41, 5.74) is 10.7. The standard InChI is InChI=1S/C48H52N4O.Pt/c1-44(2,3)30-17-21-37-40(25-30)50(13)29-51(37)32-15-14-16-33(27-32)53-34-18-19-35-39(28-34)52(41-26-31(23-24-49-41)45(4,5)6)38-22-20-36-43(42(35)38)47(9,10)48(11,12)46(36,7)8;/h14-26H,1-13H3;/q-2;. The Hall–Kier alpha value is -4.21. The summed E-state index contributed by atoms with van der Waals surface area (Å²) in [5, 5.41) is 2.44. The number of imidazole rings is 1. The van der Waals surface area contributed by atoms with E-state index in [4.69, 9.17) is 9.72 Å². The van der Waals surface area contributed by atoms with Crippen molar-refractivity contribution in [3.05, 3.63) is 117 Å². The third kappa shape index (κ3) is 5.28. The molecule has 0 spiro atoms. The molecule has 0 fully saturated rings. The van der Waals surface area contributed by atoms with E-state index < -0.39 is 0 Å². The average Bonchev–Trinajstić information content (AvgIpc) is 3.60. The first-order valence-electron chi connectivity index (χ1n) is 19.0. The summed E-state index contributed by atoms with van der Waals surface area (Å²) >= 11 is 2.41. The van der Waals surface area contributed by atoms with Crippen LogP contribution in [0.4, 0.5) is 0 Å². The minimum absolute atomic E-state index is 0.0126. The molecule has 7 aromatic rings. The second kappa shape index (κ2) is 11.9. The van der Waals surface area contributed by atoms with Gasteiger partial charge in [-0.25, -0.2) is 0 Å². The summed E-state index contributed by atoms with van der Waals surface area (Å²) in [7, 11) is 2.13. The third-order valence-corrected chi connectivity index (χ3v) is 14.4. The van der Waals surface area contributed by atoms with E-state index in [2.05, 4.69) is 196 Å². The topological polar surface area (TPSA) is 36.9 Å². The quantitative estimate of drug-likeness (QED) is 0.165. The molecule has 6 heteroatoms. The summed E-state index contributed by atoms with van der Waals surface area (Å²) in [5.74, 6) is 2.15. The van der Waals surface area contributed by atoms with Crippen LogP contribution in [0.15, 0.2) is 79.0 Å². The van der Waals surface area contributed by atoms with Crippen molar-refractivity contribution in [3.8, 4) is 23.0 Å². The average molecular weight is 896 g/mol. The van der Waals surface area contributed by atoms with Gasteiger partial charge in [-0.3, -0.25) is 0 Å². The van der Waals surface area contributed by atoms with E-state index in [1.54, 1.807) is 0 Å². The molecule has 0 bridgehead atoms. The van der Waals surface area contributed by atoms with Gasteiger partial charge in [0.2, 0.25) is 0 Å². The van der Waals surface area contributed by atoms with Crippen molar-refractivity contribution in [1.82, 2.24) is 18.7 Å². The van der Waals surface area contributed by atoms with Crippen molar-refractivity contribution in [2.75, 3.05) is 0 Å². The van der Waals surface area contributed by atoms with Crippen LogP contribution in [0.1, 0.15) is 105 Å². The Morgan fingerprint density at radius 1 is 0.685 bits per heavy atom. The van der Waals surface area contributed by atoms with Gasteiger partial charge >= 0.3 is 220 Å². The Morgan fingerprint density at radius 2 is 1.35 bits per heavy atom. The Labute approximate surface area is 331 Å². The van der Waals surface area contributed by atoms with Gasteiger partial charge in [-0.2, -0.15) is 0 Å². The van der Waals surface area contributed by atoms with Crippen molar-refractivity contribution in [1.29, 1.82) is 0 Å². The molecule has 0 saturated heterocycles. The first kappa shape index (κ1) is 36.7. The molecule has 5 nitrogen and oxygen atoms in total. The van der Waals surface area contributed by atoms with Gasteiger partial charge in [-0.05, 0) is 38.9 Å². The van der Waals surface area contributed by atoms with E-state index in [1.807, 2.05) is 18.3 Å². The van der Waals surface area contributed by atoms with E-state index in [0.717, 1.165) is 37.2 Å². The summed E-state index contributed by atoms with van der Waals surface area (Å²) in [6, 6.07) is 33.5. The summed E-state index contributed by atoms with van der Waals surface area (Å²) in [6.45, 7) is 28.0. The van der Waals surface area contributed by atoms with Crippen molar-refractivity contribution < 1.29 is 24.1 Å². The molecule has 0 amide bonds. The molecular formula is C48H52N4OPt-2. The van der Waals surface area contributed by atoms with E-state index in [1.165, 1.54) is 33.2 Å². The zero-order valence-electron chi connectivity index (χ0n) is 34.0. The van der Waals surface area contributed by atoms with Crippen molar-refractivity contribution in [3.63, 3.8) is 0 Å². The van der Waals surface area contributed by atoms with Crippen LogP contribution >= 0.6 is 0 Å². The van der Waals surface area contributed by atoms with Crippen LogP contribution in [-0.2, 0) is 48.1 Å². The predicted molar refractivity (Wildman–Crippen MR) is 219 cm³/mol. The molecule has 1 aliphatic rings. The third-order valence-electron chi connectivity index (χ3n) is 13.2. The van der Waals surface area contributed by atoms with E-state index in [-0.39, 0.29) is 27.1 Å². The maximum atomic E-state index is 6.67. The van der Waals surface area contributed by atoms with Crippen LogP contribution in [0.2, 0.25) is 0 Å². The van der Waals surface area contributed by atoms with Crippen molar-refractivity contribution >= 4 is 32.8 Å². The van der Waals surface area contributed by atoms with E-state index in [9.17, 15) is 0 Å². The number of hydrogen-bond acceptors (Lipinski definition) is 2. The fourth-order valence-corrected chi connectivity index (χ4v) is 9.49. The molecule has 54 heavy (non-hydrogen) atoms. The van der Waals surface area contributed by atoms with Crippen LogP contribution in [-0.4, -0.2) is 18.7 Å². The Bertz CT molecular complexity index is 2720. The molecule has 0 N–H and O–H groups in total. The fourth-order valence-electron chi connectivity index (χ4n) is 8.67. The molecule has 0 atom stereocenters. The first-order valence-corrected chi connectivity index (χ1v) is 20.2. The molecule has 0 aliphatic heterocycles. The molecule has 0 radical (unpaired) electrons. The predicted octanol–water partition coefficient (Wildman–Crippen LogP) is 12.1. The molecule has 1 aliphatic carbocycles. The number of nitrogens with zero attached hydrogens (tertiary/aromatic N) is 4. The van der Waals surface area contributed by atoms with Crippen molar-refractivity contribution in [2.24, 2.45) is 12.5 Å². The Morgan fingerprint density at radius 3 is 2.06 bits per heavy atom. The SMILES string of the molecule is Cn1[c](=[Pt])n(-c2[c-]c(Oc3[c-]c4c(cc3)c3c5c(ccc3n4-c3cc(C(C)(C)C)ccn3)C(C)(C)C(C)(C)C5(C)C)ccc2)c2ccc(C(C)(C)C)cc21. The number of fused-ring (bicyclic) bond motifs is 6. The van der Waals surface area contributed by atoms with Gasteiger partial charge in [0, 0.05) is 6.20 Å². The molecule has 4 aromatic carbocycles. The molecule has 3 heterocycles. The van der Waals surface area contributed by atoms with Gasteiger partial charge in [-0.15, -0.1) is 0 Å². The number of pyridine rings is 1.